The van der Waals surface area contributed by atoms with Crippen molar-refractivity contribution in [3.63, 3.8) is 0 Å². The molecule has 2 aromatic heterocycles. The number of imidazole rings is 1. The van der Waals surface area contributed by atoms with Crippen molar-refractivity contribution in [2.24, 2.45) is 5.73 Å². The fourth-order valence-corrected chi connectivity index (χ4v) is 3.16. The topological polar surface area (TPSA) is 54.7 Å². The van der Waals surface area contributed by atoms with Gasteiger partial charge in [-0.3, -0.25) is 0 Å². The van der Waals surface area contributed by atoms with Crippen LogP contribution in [0.15, 0.2) is 29.6 Å². The van der Waals surface area contributed by atoms with Gasteiger partial charge in [0.15, 0.2) is 0 Å². The number of aromatic nitrogens is 2. The maximum atomic E-state index is 5.71. The van der Waals surface area contributed by atoms with E-state index in [4.69, 9.17) is 5.73 Å². The molecule has 0 saturated carbocycles. The third kappa shape index (κ3) is 1.98. The predicted octanol–water partition coefficient (Wildman–Crippen LogP) is 3.35. The van der Waals surface area contributed by atoms with E-state index in [2.05, 4.69) is 44.0 Å². The second-order valence-electron chi connectivity index (χ2n) is 3.74. The van der Waals surface area contributed by atoms with E-state index < -0.39 is 0 Å². The Bertz CT molecular complexity index is 671. The van der Waals surface area contributed by atoms with Gasteiger partial charge in [-0.1, -0.05) is 12.1 Å². The molecule has 86 valence electrons. The number of benzene rings is 1. The minimum absolute atomic E-state index is 0.517. The van der Waals surface area contributed by atoms with E-state index in [-0.39, 0.29) is 0 Å². The smallest absolute Gasteiger partial charge is 0.139 e. The number of hydrogen-bond donors (Lipinski definition) is 2. The Morgan fingerprint density at radius 2 is 2.29 bits per heavy atom. The van der Waals surface area contributed by atoms with Crippen LogP contribution in [0.3, 0.4) is 0 Å². The third-order valence-corrected chi connectivity index (χ3v) is 4.45. The number of nitrogens with one attached hydrogen (secondary N) is 1. The number of H-pyrrole nitrogens is 1. The summed E-state index contributed by atoms with van der Waals surface area (Å²) in [6, 6.07) is 8.18. The first-order valence-corrected chi connectivity index (χ1v) is 7.16. The first kappa shape index (κ1) is 11.2. The molecule has 0 spiro atoms. The number of aromatic amines is 1. The van der Waals surface area contributed by atoms with Crippen LogP contribution in [0.4, 0.5) is 0 Å². The molecule has 0 aliphatic rings. The number of halogens is 1. The zero-order valence-corrected chi connectivity index (χ0v) is 11.9. The predicted molar refractivity (Wildman–Crippen MR) is 80.0 cm³/mol. The summed E-state index contributed by atoms with van der Waals surface area (Å²) in [5, 5.41) is 2.11. The van der Waals surface area contributed by atoms with Crippen molar-refractivity contribution >= 4 is 45.0 Å². The zero-order chi connectivity index (χ0) is 11.8. The maximum Gasteiger partial charge on any atom is 0.139 e. The van der Waals surface area contributed by atoms with E-state index in [9.17, 15) is 0 Å². The molecule has 0 saturated heterocycles. The van der Waals surface area contributed by atoms with Gasteiger partial charge in [-0.15, -0.1) is 11.3 Å². The highest BCUT2D eigenvalue weighted by molar-refractivity contribution is 14.1. The molecule has 3 nitrogen and oxygen atoms in total. The summed E-state index contributed by atoms with van der Waals surface area (Å²) in [6.45, 7) is 0.517. The maximum absolute atomic E-state index is 5.71. The van der Waals surface area contributed by atoms with Crippen molar-refractivity contribution in [3.8, 4) is 11.4 Å². The lowest BCUT2D eigenvalue weighted by Crippen LogP contribution is -1.96. The molecule has 0 unspecified atom stereocenters. The Hall–Kier alpha value is -0.920. The van der Waals surface area contributed by atoms with Crippen molar-refractivity contribution in [1.82, 2.24) is 9.97 Å². The summed E-state index contributed by atoms with van der Waals surface area (Å²) in [6.07, 6.45) is 0. The van der Waals surface area contributed by atoms with E-state index in [0.717, 1.165) is 28.0 Å². The number of para-hydroxylation sites is 1. The van der Waals surface area contributed by atoms with Crippen molar-refractivity contribution in [3.05, 3.63) is 38.1 Å². The normalized spacial score (nSPS) is 11.2. The number of nitrogens with zero attached hydrogens (tertiary/aromatic N) is 1. The molecule has 2 heterocycles. The van der Waals surface area contributed by atoms with Gasteiger partial charge in [0.1, 0.15) is 5.82 Å². The van der Waals surface area contributed by atoms with Crippen LogP contribution in [-0.2, 0) is 6.54 Å². The van der Waals surface area contributed by atoms with Crippen LogP contribution in [0, 0.1) is 2.88 Å². The number of hydrogen-bond acceptors (Lipinski definition) is 3. The largest absolute Gasteiger partial charge is 0.338 e. The molecule has 17 heavy (non-hydrogen) atoms. The second kappa shape index (κ2) is 4.40. The average molecular weight is 355 g/mol. The van der Waals surface area contributed by atoms with E-state index in [0.29, 0.717) is 6.54 Å². The molecule has 0 radical (unpaired) electrons. The first-order chi connectivity index (χ1) is 8.28. The molecule has 3 aromatic rings. The molecule has 0 amide bonds. The van der Waals surface area contributed by atoms with Crippen LogP contribution in [0.1, 0.15) is 5.56 Å². The van der Waals surface area contributed by atoms with Crippen molar-refractivity contribution in [2.75, 3.05) is 0 Å². The van der Waals surface area contributed by atoms with E-state index in [1.807, 2.05) is 18.2 Å². The van der Waals surface area contributed by atoms with Gasteiger partial charge < -0.3 is 10.7 Å². The lowest BCUT2D eigenvalue weighted by atomic mass is 10.2. The summed E-state index contributed by atoms with van der Waals surface area (Å²) >= 11 is 4.04. The minimum atomic E-state index is 0.517. The van der Waals surface area contributed by atoms with Crippen molar-refractivity contribution < 1.29 is 0 Å². The van der Waals surface area contributed by atoms with E-state index in [1.54, 1.807) is 11.3 Å². The molecule has 5 heteroatoms. The number of nitrogens with two attached hydrogens (primary N) is 1. The molecular weight excluding hydrogens is 345 g/mol. The highest BCUT2D eigenvalue weighted by atomic mass is 127. The highest BCUT2D eigenvalue weighted by Gasteiger charge is 2.09. The van der Waals surface area contributed by atoms with Gasteiger partial charge in [-0.05, 0) is 40.3 Å². The molecule has 0 aliphatic carbocycles. The van der Waals surface area contributed by atoms with Gasteiger partial charge in [0.25, 0.3) is 0 Å². The summed E-state index contributed by atoms with van der Waals surface area (Å²) in [4.78, 5) is 7.97. The van der Waals surface area contributed by atoms with Gasteiger partial charge in [-0.25, -0.2) is 4.98 Å². The third-order valence-electron chi connectivity index (χ3n) is 2.66. The molecule has 0 bridgehead atoms. The minimum Gasteiger partial charge on any atom is -0.338 e. The Morgan fingerprint density at radius 1 is 1.41 bits per heavy atom. The lowest BCUT2D eigenvalue weighted by molar-refractivity contribution is 1.08. The monoisotopic (exact) mass is 355 g/mol. The van der Waals surface area contributed by atoms with E-state index in [1.165, 1.54) is 2.88 Å². The molecule has 0 atom stereocenters. The molecule has 3 N–H and O–H groups in total. The SMILES string of the molecule is NCc1cccc2[nH]c(-c3csc(I)c3)nc12. The molecule has 1 aromatic carbocycles. The standard InChI is InChI=1S/C12H10IN3S/c13-10-4-8(6-17-10)12-15-9-3-1-2-7(5-14)11(9)16-12/h1-4,6H,5,14H2,(H,15,16). The molecule has 0 fully saturated rings. The lowest BCUT2D eigenvalue weighted by Gasteiger charge is -1.95. The van der Waals surface area contributed by atoms with Gasteiger partial charge in [-0.2, -0.15) is 0 Å². The van der Waals surface area contributed by atoms with Crippen LogP contribution < -0.4 is 5.73 Å². The van der Waals surface area contributed by atoms with Gasteiger partial charge in [0.05, 0.1) is 13.9 Å². The summed E-state index contributed by atoms with van der Waals surface area (Å²) in [5.74, 6) is 0.917. The van der Waals surface area contributed by atoms with Crippen LogP contribution in [-0.4, -0.2) is 9.97 Å². The quantitative estimate of drug-likeness (QED) is 0.693. The Morgan fingerprint density at radius 3 is 3.00 bits per heavy atom. The highest BCUT2D eigenvalue weighted by Crippen LogP contribution is 2.27. The molecular formula is C12H10IN3S. The Labute approximate surface area is 116 Å². The number of fused-ring (bicyclic) bond motifs is 1. The van der Waals surface area contributed by atoms with Gasteiger partial charge in [0, 0.05) is 17.5 Å². The molecule has 3 rings (SSSR count). The summed E-state index contributed by atoms with van der Waals surface area (Å²) in [5.41, 5.74) is 9.95. The van der Waals surface area contributed by atoms with Gasteiger partial charge in [0.2, 0.25) is 0 Å². The van der Waals surface area contributed by atoms with Crippen LogP contribution >= 0.6 is 33.9 Å². The summed E-state index contributed by atoms with van der Waals surface area (Å²) < 4.78 is 1.26. The van der Waals surface area contributed by atoms with Crippen LogP contribution in [0.5, 0.6) is 0 Å². The number of thiophene rings is 1. The Kier molecular flexibility index (Phi) is 2.89. The van der Waals surface area contributed by atoms with E-state index >= 15 is 0 Å². The second-order valence-corrected chi connectivity index (χ2v) is 6.55. The number of rotatable bonds is 2. The van der Waals surface area contributed by atoms with Crippen molar-refractivity contribution in [2.45, 2.75) is 6.54 Å². The van der Waals surface area contributed by atoms with Crippen LogP contribution in [0.25, 0.3) is 22.4 Å². The molecule has 0 aliphatic heterocycles. The van der Waals surface area contributed by atoms with Crippen LogP contribution in [0.2, 0.25) is 0 Å². The fraction of sp³-hybridized carbons (Fsp3) is 0.0833. The van der Waals surface area contributed by atoms with Gasteiger partial charge >= 0.3 is 0 Å². The average Bonchev–Trinajstić information content (AvgIpc) is 2.93. The fourth-order valence-electron chi connectivity index (χ4n) is 1.83. The van der Waals surface area contributed by atoms with Crippen molar-refractivity contribution in [1.29, 1.82) is 0 Å². The summed E-state index contributed by atoms with van der Waals surface area (Å²) in [7, 11) is 0. The Balaban J connectivity index is 2.19. The first-order valence-electron chi connectivity index (χ1n) is 5.20. The zero-order valence-electron chi connectivity index (χ0n) is 8.90.